The van der Waals surface area contributed by atoms with Crippen molar-refractivity contribution in [2.75, 3.05) is 19.6 Å². The van der Waals surface area contributed by atoms with E-state index in [-0.39, 0.29) is 17.9 Å². The highest BCUT2D eigenvalue weighted by Gasteiger charge is 2.47. The maximum absolute atomic E-state index is 13.4. The van der Waals surface area contributed by atoms with Crippen LogP contribution in [0.25, 0.3) is 0 Å². The highest BCUT2D eigenvalue weighted by molar-refractivity contribution is 5.94. The van der Waals surface area contributed by atoms with E-state index in [0.717, 1.165) is 12.8 Å². The summed E-state index contributed by atoms with van der Waals surface area (Å²) in [6, 6.07) is 5.68. The van der Waals surface area contributed by atoms with Gasteiger partial charge in [0.2, 0.25) is 5.91 Å². The van der Waals surface area contributed by atoms with Crippen LogP contribution in [0, 0.1) is 11.2 Å². The molecule has 1 saturated heterocycles. The first-order chi connectivity index (χ1) is 12.2. The molecule has 1 saturated carbocycles. The Bertz CT molecular complexity index is 728. The summed E-state index contributed by atoms with van der Waals surface area (Å²) in [7, 11) is 0. The fraction of sp³-hybridized carbons (Fsp3) is 0.500. The third-order valence-corrected chi connectivity index (χ3v) is 4.96. The van der Waals surface area contributed by atoms with Crippen LogP contribution < -0.4 is 5.32 Å². The molecule has 0 spiro atoms. The molecule has 2 aliphatic rings. The Morgan fingerprint density at radius 2 is 2.15 bits per heavy atom. The fourth-order valence-corrected chi connectivity index (χ4v) is 3.40. The number of benzene rings is 1. The summed E-state index contributed by atoms with van der Waals surface area (Å²) in [6.07, 6.45) is 3.03. The predicted molar refractivity (Wildman–Crippen MR) is 96.1 cm³/mol. The molecule has 0 radical (unpaired) electrons. The summed E-state index contributed by atoms with van der Waals surface area (Å²) in [4.78, 5) is 26.7. The SMILES string of the molecule is C=CC1(C(=O)NC[C@@H]2CN(C(=O)c3cccc(F)c3)CC(C)(C)O2)CC1. The summed E-state index contributed by atoms with van der Waals surface area (Å²) in [6.45, 7) is 8.62. The third kappa shape index (κ3) is 3.96. The molecule has 2 amide bonds. The zero-order chi connectivity index (χ0) is 18.9. The summed E-state index contributed by atoms with van der Waals surface area (Å²) < 4.78 is 19.5. The summed E-state index contributed by atoms with van der Waals surface area (Å²) >= 11 is 0. The van der Waals surface area contributed by atoms with Gasteiger partial charge in [-0.1, -0.05) is 12.1 Å². The quantitative estimate of drug-likeness (QED) is 0.821. The second kappa shape index (κ2) is 6.83. The van der Waals surface area contributed by atoms with E-state index in [4.69, 9.17) is 4.74 Å². The molecular weight excluding hydrogens is 335 g/mol. The number of carbonyl (C=O) groups is 2. The molecule has 1 heterocycles. The molecule has 1 atom stereocenters. The van der Waals surface area contributed by atoms with Gasteiger partial charge in [-0.3, -0.25) is 9.59 Å². The number of ether oxygens (including phenoxy) is 1. The number of nitrogens with one attached hydrogen (secondary N) is 1. The number of carbonyl (C=O) groups excluding carboxylic acids is 2. The van der Waals surface area contributed by atoms with E-state index in [1.807, 2.05) is 13.8 Å². The maximum Gasteiger partial charge on any atom is 0.254 e. The van der Waals surface area contributed by atoms with Gasteiger partial charge in [0.25, 0.3) is 5.91 Å². The van der Waals surface area contributed by atoms with Crippen molar-refractivity contribution in [2.45, 2.75) is 38.4 Å². The Morgan fingerprint density at radius 1 is 1.42 bits per heavy atom. The number of halogens is 1. The highest BCUT2D eigenvalue weighted by atomic mass is 19.1. The normalized spacial score (nSPS) is 23.2. The number of rotatable bonds is 5. The Kier molecular flexibility index (Phi) is 4.88. The van der Waals surface area contributed by atoms with Crippen molar-refractivity contribution in [1.82, 2.24) is 10.2 Å². The van der Waals surface area contributed by atoms with Crippen LogP contribution in [-0.4, -0.2) is 48.1 Å². The molecule has 2 fully saturated rings. The predicted octanol–water partition coefficient (Wildman–Crippen LogP) is 2.53. The van der Waals surface area contributed by atoms with Crippen LogP contribution >= 0.6 is 0 Å². The molecule has 6 heteroatoms. The van der Waals surface area contributed by atoms with Gasteiger partial charge in [0, 0.05) is 25.2 Å². The first kappa shape index (κ1) is 18.6. The monoisotopic (exact) mass is 360 g/mol. The molecule has 1 aromatic carbocycles. The minimum absolute atomic E-state index is 0.0394. The molecule has 0 unspecified atom stereocenters. The van der Waals surface area contributed by atoms with Crippen LogP contribution in [0.2, 0.25) is 0 Å². The van der Waals surface area contributed by atoms with Gasteiger partial charge in [-0.05, 0) is 44.9 Å². The van der Waals surface area contributed by atoms with Crippen LogP contribution in [0.1, 0.15) is 37.0 Å². The lowest BCUT2D eigenvalue weighted by atomic mass is 10.0. The first-order valence-corrected chi connectivity index (χ1v) is 8.89. The van der Waals surface area contributed by atoms with Gasteiger partial charge in [0.1, 0.15) is 5.82 Å². The van der Waals surface area contributed by atoms with Crippen LogP contribution in [0.4, 0.5) is 4.39 Å². The van der Waals surface area contributed by atoms with Gasteiger partial charge < -0.3 is 15.0 Å². The molecule has 1 aromatic rings. The van der Waals surface area contributed by atoms with Crippen molar-refractivity contribution in [2.24, 2.45) is 5.41 Å². The van der Waals surface area contributed by atoms with Crippen LogP contribution in [0.15, 0.2) is 36.9 Å². The second-order valence-electron chi connectivity index (χ2n) is 7.77. The standard InChI is InChI=1S/C20H25FN2O3/c1-4-20(8-9-20)18(25)22-11-16-12-23(13-19(2,3)26-16)17(24)14-6-5-7-15(21)10-14/h4-7,10,16H,1,8-9,11-13H2,2-3H3,(H,22,25)/t16-/m1/s1. The lowest BCUT2D eigenvalue weighted by Crippen LogP contribution is -2.57. The number of hydrogen-bond donors (Lipinski definition) is 1. The molecule has 26 heavy (non-hydrogen) atoms. The smallest absolute Gasteiger partial charge is 0.254 e. The van der Waals surface area contributed by atoms with Crippen molar-refractivity contribution in [3.8, 4) is 0 Å². The molecular formula is C20H25FN2O3. The van der Waals surface area contributed by atoms with E-state index in [2.05, 4.69) is 11.9 Å². The lowest BCUT2D eigenvalue weighted by Gasteiger charge is -2.43. The van der Waals surface area contributed by atoms with Gasteiger partial charge in [-0.25, -0.2) is 4.39 Å². The molecule has 5 nitrogen and oxygen atoms in total. The molecule has 3 rings (SSSR count). The topological polar surface area (TPSA) is 58.6 Å². The van der Waals surface area contributed by atoms with Crippen LogP contribution in [-0.2, 0) is 9.53 Å². The van der Waals surface area contributed by atoms with E-state index in [1.54, 1.807) is 17.0 Å². The Labute approximate surface area is 153 Å². The van der Waals surface area contributed by atoms with Gasteiger partial charge >= 0.3 is 0 Å². The maximum atomic E-state index is 13.4. The Balaban J connectivity index is 1.66. The van der Waals surface area contributed by atoms with E-state index in [1.165, 1.54) is 18.2 Å². The van der Waals surface area contributed by atoms with E-state index in [9.17, 15) is 14.0 Å². The Morgan fingerprint density at radius 3 is 2.77 bits per heavy atom. The molecule has 0 bridgehead atoms. The van der Waals surface area contributed by atoms with Crippen molar-refractivity contribution in [3.05, 3.63) is 48.3 Å². The zero-order valence-electron chi connectivity index (χ0n) is 15.3. The molecule has 1 N–H and O–H groups in total. The minimum atomic E-state index is -0.549. The largest absolute Gasteiger partial charge is 0.367 e. The molecule has 1 aliphatic carbocycles. The first-order valence-electron chi connectivity index (χ1n) is 8.89. The summed E-state index contributed by atoms with van der Waals surface area (Å²) in [5, 5.41) is 2.92. The minimum Gasteiger partial charge on any atom is -0.367 e. The van der Waals surface area contributed by atoms with Gasteiger partial charge in [0.15, 0.2) is 0 Å². The number of nitrogens with zero attached hydrogens (tertiary/aromatic N) is 1. The van der Waals surface area contributed by atoms with Crippen molar-refractivity contribution in [3.63, 3.8) is 0 Å². The fourth-order valence-electron chi connectivity index (χ4n) is 3.40. The third-order valence-electron chi connectivity index (χ3n) is 4.96. The van der Waals surface area contributed by atoms with Gasteiger partial charge in [-0.2, -0.15) is 0 Å². The van der Waals surface area contributed by atoms with Crippen molar-refractivity contribution < 1.29 is 18.7 Å². The summed E-state index contributed by atoms with van der Waals surface area (Å²) in [5.74, 6) is -0.712. The number of hydrogen-bond acceptors (Lipinski definition) is 3. The highest BCUT2D eigenvalue weighted by Crippen LogP contribution is 2.46. The number of amides is 2. The van der Waals surface area contributed by atoms with Crippen molar-refractivity contribution >= 4 is 11.8 Å². The van der Waals surface area contributed by atoms with Crippen molar-refractivity contribution in [1.29, 1.82) is 0 Å². The van der Waals surface area contributed by atoms with Gasteiger partial charge in [0.05, 0.1) is 17.1 Å². The van der Waals surface area contributed by atoms with Gasteiger partial charge in [-0.15, -0.1) is 6.58 Å². The second-order valence-corrected chi connectivity index (χ2v) is 7.77. The zero-order valence-corrected chi connectivity index (χ0v) is 15.3. The average molecular weight is 360 g/mol. The lowest BCUT2D eigenvalue weighted by molar-refractivity contribution is -0.134. The van der Waals surface area contributed by atoms with Crippen LogP contribution in [0.5, 0.6) is 0 Å². The van der Waals surface area contributed by atoms with E-state index < -0.39 is 16.8 Å². The molecule has 0 aromatic heterocycles. The van der Waals surface area contributed by atoms with Crippen LogP contribution in [0.3, 0.4) is 0 Å². The van der Waals surface area contributed by atoms with E-state index in [0.29, 0.717) is 25.2 Å². The molecule has 140 valence electrons. The summed E-state index contributed by atoms with van der Waals surface area (Å²) in [5.41, 5.74) is -0.665. The average Bonchev–Trinajstić information content (AvgIpc) is 3.39. The molecule has 1 aliphatic heterocycles. The number of morpholine rings is 1. The van der Waals surface area contributed by atoms with E-state index >= 15 is 0 Å². The Hall–Kier alpha value is -2.21.